The Labute approximate surface area is 206 Å². The Balaban J connectivity index is 1.22. The third kappa shape index (κ3) is 4.65. The predicted octanol–water partition coefficient (Wildman–Crippen LogP) is 6.19. The summed E-state index contributed by atoms with van der Waals surface area (Å²) in [5, 5.41) is 0. The van der Waals surface area contributed by atoms with Gasteiger partial charge in [-0.05, 0) is 86.7 Å². The molecule has 0 bridgehead atoms. The van der Waals surface area contributed by atoms with Crippen LogP contribution < -0.4 is 0 Å². The fourth-order valence-electron chi connectivity index (χ4n) is 5.86. The Kier molecular flexibility index (Phi) is 6.17. The van der Waals surface area contributed by atoms with Crippen molar-refractivity contribution in [3.63, 3.8) is 0 Å². The van der Waals surface area contributed by atoms with E-state index in [-0.39, 0.29) is 5.82 Å². The van der Waals surface area contributed by atoms with Crippen molar-refractivity contribution in [2.75, 3.05) is 19.6 Å². The molecule has 178 valence electrons. The molecule has 1 saturated heterocycles. The number of nitrogens with zero attached hydrogens (tertiary/aromatic N) is 4. The molecule has 5 heteroatoms. The van der Waals surface area contributed by atoms with E-state index >= 15 is 0 Å². The summed E-state index contributed by atoms with van der Waals surface area (Å²) in [5.74, 6) is 1.69. The Morgan fingerprint density at radius 2 is 1.57 bits per heavy atom. The van der Waals surface area contributed by atoms with Gasteiger partial charge in [0.05, 0.1) is 11.4 Å². The third-order valence-electron chi connectivity index (χ3n) is 7.67. The monoisotopic (exact) mass is 466 g/mol. The van der Waals surface area contributed by atoms with E-state index < -0.39 is 0 Å². The summed E-state index contributed by atoms with van der Waals surface area (Å²) in [6, 6.07) is 22.1. The number of fused-ring (bicyclic) bond motifs is 1. The van der Waals surface area contributed by atoms with Crippen LogP contribution in [0.5, 0.6) is 0 Å². The summed E-state index contributed by atoms with van der Waals surface area (Å²) in [6.07, 6.45) is 9.49. The van der Waals surface area contributed by atoms with Crippen molar-refractivity contribution in [3.8, 4) is 22.5 Å². The average molecular weight is 467 g/mol. The summed E-state index contributed by atoms with van der Waals surface area (Å²) in [7, 11) is 0. The molecule has 2 aliphatic heterocycles. The van der Waals surface area contributed by atoms with Gasteiger partial charge in [-0.1, -0.05) is 30.3 Å². The second kappa shape index (κ2) is 9.74. The van der Waals surface area contributed by atoms with Gasteiger partial charge < -0.3 is 9.47 Å². The fourth-order valence-corrected chi connectivity index (χ4v) is 5.86. The largest absolute Gasteiger partial charge is 0.323 e. The van der Waals surface area contributed by atoms with E-state index in [1.54, 1.807) is 0 Å². The molecular formula is C30H31FN4. The summed E-state index contributed by atoms with van der Waals surface area (Å²) in [4.78, 5) is 11.9. The van der Waals surface area contributed by atoms with Crippen molar-refractivity contribution < 1.29 is 4.39 Å². The van der Waals surface area contributed by atoms with Gasteiger partial charge in [0.15, 0.2) is 0 Å². The Bertz CT molecular complexity index is 1260. The number of benzene rings is 2. The van der Waals surface area contributed by atoms with Gasteiger partial charge in [-0.2, -0.15) is 0 Å². The van der Waals surface area contributed by atoms with Crippen molar-refractivity contribution in [3.05, 3.63) is 96.3 Å². The van der Waals surface area contributed by atoms with Crippen molar-refractivity contribution >= 4 is 0 Å². The van der Waals surface area contributed by atoms with Gasteiger partial charge >= 0.3 is 0 Å². The first kappa shape index (κ1) is 22.2. The number of rotatable bonds is 6. The molecule has 0 aliphatic carbocycles. The van der Waals surface area contributed by atoms with Gasteiger partial charge in [0.2, 0.25) is 0 Å². The molecule has 1 fully saturated rings. The van der Waals surface area contributed by atoms with E-state index in [0.29, 0.717) is 6.04 Å². The first-order chi connectivity index (χ1) is 17.2. The Morgan fingerprint density at radius 1 is 0.829 bits per heavy atom. The van der Waals surface area contributed by atoms with Crippen LogP contribution in [0, 0.1) is 11.7 Å². The zero-order valence-electron chi connectivity index (χ0n) is 20.0. The van der Waals surface area contributed by atoms with E-state index in [9.17, 15) is 4.39 Å². The third-order valence-corrected chi connectivity index (χ3v) is 7.67. The number of imidazole rings is 1. The highest BCUT2D eigenvalue weighted by Gasteiger charge is 2.32. The maximum absolute atomic E-state index is 13.6. The predicted molar refractivity (Wildman–Crippen MR) is 138 cm³/mol. The van der Waals surface area contributed by atoms with E-state index in [0.717, 1.165) is 66.7 Å². The molecule has 0 amide bonds. The van der Waals surface area contributed by atoms with Gasteiger partial charge in [-0.25, -0.2) is 9.37 Å². The van der Waals surface area contributed by atoms with Gasteiger partial charge in [0.1, 0.15) is 11.6 Å². The molecule has 1 unspecified atom stereocenters. The molecule has 4 nitrogen and oxygen atoms in total. The fraction of sp³-hybridized carbons (Fsp3) is 0.333. The summed E-state index contributed by atoms with van der Waals surface area (Å²) in [5.41, 5.74) is 5.61. The van der Waals surface area contributed by atoms with Crippen molar-refractivity contribution in [1.29, 1.82) is 0 Å². The maximum Gasteiger partial charge on any atom is 0.123 e. The van der Waals surface area contributed by atoms with E-state index in [1.165, 1.54) is 37.0 Å². The number of piperidine rings is 1. The van der Waals surface area contributed by atoms with Gasteiger partial charge in [-0.15, -0.1) is 0 Å². The number of likely N-dealkylation sites (tertiary alicyclic amines) is 1. The lowest BCUT2D eigenvalue weighted by Crippen LogP contribution is -2.37. The molecule has 2 aliphatic rings. The molecule has 2 aromatic heterocycles. The van der Waals surface area contributed by atoms with Gasteiger partial charge in [-0.3, -0.25) is 4.98 Å². The molecule has 0 saturated carbocycles. The summed E-state index contributed by atoms with van der Waals surface area (Å²) >= 11 is 0. The van der Waals surface area contributed by atoms with Crippen molar-refractivity contribution in [2.24, 2.45) is 5.92 Å². The maximum atomic E-state index is 13.6. The van der Waals surface area contributed by atoms with E-state index in [4.69, 9.17) is 4.98 Å². The normalized spacial score (nSPS) is 18.6. The lowest BCUT2D eigenvalue weighted by Gasteiger charge is -2.34. The van der Waals surface area contributed by atoms with Crippen LogP contribution in [0.1, 0.15) is 36.7 Å². The molecule has 1 atom stereocenters. The highest BCUT2D eigenvalue weighted by atomic mass is 19.1. The standard InChI is InChI=1S/C30H31FN4/c31-26-8-6-24(7-9-26)29-30(25-12-16-32-17-13-25)35-27(10-11-28(35)33-29)21-34-18-14-23(15-19-34)20-22-4-2-1-3-5-22/h1-9,12-13,16-17,23,27H,10-11,14-15,18-21H2. The minimum absolute atomic E-state index is 0.223. The molecule has 2 aromatic carbocycles. The minimum atomic E-state index is -0.223. The van der Waals surface area contributed by atoms with Gasteiger partial charge in [0, 0.05) is 42.5 Å². The van der Waals surface area contributed by atoms with E-state index in [2.05, 4.69) is 56.9 Å². The number of aryl methyl sites for hydroxylation is 1. The number of hydrogen-bond donors (Lipinski definition) is 0. The second-order valence-corrected chi connectivity index (χ2v) is 9.96. The Morgan fingerprint density at radius 3 is 2.31 bits per heavy atom. The van der Waals surface area contributed by atoms with Crippen LogP contribution in [0.4, 0.5) is 4.39 Å². The highest BCUT2D eigenvalue weighted by molar-refractivity contribution is 5.79. The van der Waals surface area contributed by atoms with Crippen molar-refractivity contribution in [1.82, 2.24) is 19.4 Å². The smallest absolute Gasteiger partial charge is 0.123 e. The molecule has 0 spiro atoms. The molecule has 6 rings (SSSR count). The van der Waals surface area contributed by atoms with Crippen LogP contribution in [0.2, 0.25) is 0 Å². The van der Waals surface area contributed by atoms with Crippen LogP contribution in [0.25, 0.3) is 22.5 Å². The quantitative estimate of drug-likeness (QED) is 0.340. The van der Waals surface area contributed by atoms with Crippen LogP contribution in [0.15, 0.2) is 79.1 Å². The van der Waals surface area contributed by atoms with Crippen molar-refractivity contribution in [2.45, 2.75) is 38.1 Å². The first-order valence-corrected chi connectivity index (χ1v) is 12.8. The highest BCUT2D eigenvalue weighted by Crippen LogP contribution is 2.40. The summed E-state index contributed by atoms with van der Waals surface area (Å²) in [6.45, 7) is 3.38. The van der Waals surface area contributed by atoms with Crippen LogP contribution in [-0.2, 0) is 12.8 Å². The van der Waals surface area contributed by atoms with Gasteiger partial charge in [0.25, 0.3) is 0 Å². The molecule has 0 N–H and O–H groups in total. The average Bonchev–Trinajstić information content (AvgIpc) is 3.47. The molecule has 0 radical (unpaired) electrons. The lowest BCUT2D eigenvalue weighted by atomic mass is 9.90. The number of aromatic nitrogens is 3. The minimum Gasteiger partial charge on any atom is -0.323 e. The second-order valence-electron chi connectivity index (χ2n) is 9.96. The summed E-state index contributed by atoms with van der Waals surface area (Å²) < 4.78 is 16.1. The Hall–Kier alpha value is -3.31. The lowest BCUT2D eigenvalue weighted by molar-refractivity contribution is 0.163. The number of pyridine rings is 1. The molecule has 4 heterocycles. The van der Waals surface area contributed by atoms with Crippen LogP contribution >= 0.6 is 0 Å². The van der Waals surface area contributed by atoms with Crippen LogP contribution in [-0.4, -0.2) is 39.1 Å². The number of halogens is 1. The SMILES string of the molecule is Fc1ccc(-c2nc3n(c2-c2ccncc2)C(CN2CCC(Cc4ccccc4)CC2)CC3)cc1. The zero-order valence-corrected chi connectivity index (χ0v) is 20.0. The topological polar surface area (TPSA) is 34.0 Å². The molecular weight excluding hydrogens is 435 g/mol. The molecule has 4 aromatic rings. The first-order valence-electron chi connectivity index (χ1n) is 12.8. The van der Waals surface area contributed by atoms with E-state index in [1.807, 2.05) is 24.5 Å². The van der Waals surface area contributed by atoms with Crippen LogP contribution in [0.3, 0.4) is 0 Å². The zero-order chi connectivity index (χ0) is 23.6. The molecule has 35 heavy (non-hydrogen) atoms. The number of hydrogen-bond acceptors (Lipinski definition) is 3.